The third-order valence-corrected chi connectivity index (χ3v) is 6.29. The summed E-state index contributed by atoms with van der Waals surface area (Å²) in [5, 5.41) is 5.66. The van der Waals surface area contributed by atoms with Crippen molar-refractivity contribution in [3.8, 4) is 5.75 Å². The molecule has 0 spiro atoms. The Labute approximate surface area is 182 Å². The predicted octanol–water partition coefficient (Wildman–Crippen LogP) is 2.77. The number of carbonyl (C=O) groups is 2. The molecule has 31 heavy (non-hydrogen) atoms. The van der Waals surface area contributed by atoms with E-state index in [1.165, 1.54) is 4.31 Å². The fraction of sp³-hybridized carbons (Fsp3) is 0.364. The highest BCUT2D eigenvalue weighted by Gasteiger charge is 2.31. The SMILES string of the molecule is CC[C@@H](C)NC(=O)c1ccccc1NC(=O)[C@H]1CCN(S(C)(=O)=O)c2ccccc2O1. The standard InChI is InChI=1S/C22H27N3O5S/c1-4-15(2)23-21(26)16-9-5-6-10-17(16)24-22(27)20-13-14-25(31(3,28)29)18-11-7-8-12-19(18)30-20/h5-12,15,20H,4,13-14H2,1-3H3,(H,23,26)(H,24,27)/t15-,20-/m1/s1. The minimum Gasteiger partial charge on any atom is -0.478 e. The van der Waals surface area contributed by atoms with E-state index in [9.17, 15) is 18.0 Å². The van der Waals surface area contributed by atoms with E-state index in [1.54, 1.807) is 48.5 Å². The van der Waals surface area contributed by atoms with Crippen molar-refractivity contribution in [3.05, 3.63) is 54.1 Å². The molecule has 8 nitrogen and oxygen atoms in total. The van der Waals surface area contributed by atoms with Crippen molar-refractivity contribution in [2.75, 3.05) is 22.4 Å². The van der Waals surface area contributed by atoms with Gasteiger partial charge in [-0.1, -0.05) is 31.2 Å². The van der Waals surface area contributed by atoms with Gasteiger partial charge in [0.25, 0.3) is 11.8 Å². The fourth-order valence-electron chi connectivity index (χ4n) is 3.27. The van der Waals surface area contributed by atoms with Crippen LogP contribution in [0.2, 0.25) is 0 Å². The molecule has 9 heteroatoms. The summed E-state index contributed by atoms with van der Waals surface area (Å²) in [6, 6.07) is 13.4. The number of fused-ring (bicyclic) bond motifs is 1. The molecule has 2 N–H and O–H groups in total. The van der Waals surface area contributed by atoms with Crippen LogP contribution in [0.3, 0.4) is 0 Å². The van der Waals surface area contributed by atoms with Gasteiger partial charge in [0.1, 0.15) is 5.75 Å². The number of amides is 2. The van der Waals surface area contributed by atoms with Crippen LogP contribution < -0.4 is 19.7 Å². The first-order valence-electron chi connectivity index (χ1n) is 10.1. The maximum atomic E-state index is 13.0. The topological polar surface area (TPSA) is 105 Å². The highest BCUT2D eigenvalue weighted by molar-refractivity contribution is 7.92. The van der Waals surface area contributed by atoms with Gasteiger partial charge in [0, 0.05) is 19.0 Å². The Kier molecular flexibility index (Phi) is 6.84. The first-order valence-corrected chi connectivity index (χ1v) is 12.0. The zero-order valence-electron chi connectivity index (χ0n) is 17.8. The number of hydrogen-bond acceptors (Lipinski definition) is 5. The van der Waals surface area contributed by atoms with Gasteiger partial charge in [-0.3, -0.25) is 13.9 Å². The number of nitrogens with one attached hydrogen (secondary N) is 2. The maximum Gasteiger partial charge on any atom is 0.265 e. The molecule has 2 atom stereocenters. The molecule has 2 aromatic rings. The molecule has 0 bridgehead atoms. The van der Waals surface area contributed by atoms with Crippen molar-refractivity contribution in [3.63, 3.8) is 0 Å². The molecule has 0 saturated carbocycles. The molecular formula is C22H27N3O5S. The van der Waals surface area contributed by atoms with E-state index in [2.05, 4.69) is 10.6 Å². The molecule has 0 aliphatic carbocycles. The summed E-state index contributed by atoms with van der Waals surface area (Å²) in [6.07, 6.45) is 1.15. The number of nitrogens with zero attached hydrogens (tertiary/aromatic N) is 1. The van der Waals surface area contributed by atoms with Crippen molar-refractivity contribution in [2.45, 2.75) is 38.8 Å². The Morgan fingerprint density at radius 1 is 1.16 bits per heavy atom. The summed E-state index contributed by atoms with van der Waals surface area (Å²) >= 11 is 0. The number of carbonyl (C=O) groups excluding carboxylic acids is 2. The zero-order valence-corrected chi connectivity index (χ0v) is 18.6. The first-order chi connectivity index (χ1) is 14.7. The number of rotatable bonds is 6. The van der Waals surface area contributed by atoms with Gasteiger partial charge < -0.3 is 15.4 Å². The molecule has 2 amide bonds. The molecule has 3 rings (SSSR count). The van der Waals surface area contributed by atoms with Gasteiger partial charge in [-0.15, -0.1) is 0 Å². The van der Waals surface area contributed by atoms with Crippen LogP contribution in [0.1, 0.15) is 37.0 Å². The van der Waals surface area contributed by atoms with Crippen LogP contribution in [0.4, 0.5) is 11.4 Å². The van der Waals surface area contributed by atoms with Crippen LogP contribution in [-0.2, 0) is 14.8 Å². The van der Waals surface area contributed by atoms with Crippen LogP contribution in [0.15, 0.2) is 48.5 Å². The van der Waals surface area contributed by atoms with Crippen LogP contribution in [-0.4, -0.2) is 45.2 Å². The van der Waals surface area contributed by atoms with Crippen LogP contribution >= 0.6 is 0 Å². The monoisotopic (exact) mass is 445 g/mol. The molecule has 1 heterocycles. The van der Waals surface area contributed by atoms with E-state index in [0.717, 1.165) is 12.7 Å². The molecule has 1 aliphatic heterocycles. The minimum absolute atomic E-state index is 0.0000692. The second-order valence-electron chi connectivity index (χ2n) is 7.52. The van der Waals surface area contributed by atoms with Gasteiger partial charge in [-0.25, -0.2) is 8.42 Å². The Hall–Kier alpha value is -3.07. The molecule has 2 aromatic carbocycles. The van der Waals surface area contributed by atoms with Crippen LogP contribution in [0.25, 0.3) is 0 Å². The summed E-state index contributed by atoms with van der Waals surface area (Å²) in [4.78, 5) is 25.6. The average Bonchev–Trinajstić information content (AvgIpc) is 2.93. The van der Waals surface area contributed by atoms with Gasteiger partial charge in [-0.05, 0) is 37.6 Å². The predicted molar refractivity (Wildman–Crippen MR) is 120 cm³/mol. The Morgan fingerprint density at radius 3 is 2.55 bits per heavy atom. The number of ether oxygens (including phenoxy) is 1. The van der Waals surface area contributed by atoms with Crippen LogP contribution in [0.5, 0.6) is 5.75 Å². The third-order valence-electron chi connectivity index (χ3n) is 5.11. The van der Waals surface area contributed by atoms with Gasteiger partial charge >= 0.3 is 0 Å². The molecule has 0 radical (unpaired) electrons. The third kappa shape index (κ3) is 5.35. The minimum atomic E-state index is -3.53. The van der Waals surface area contributed by atoms with Gasteiger partial charge in [-0.2, -0.15) is 0 Å². The quantitative estimate of drug-likeness (QED) is 0.711. The number of benzene rings is 2. The largest absolute Gasteiger partial charge is 0.478 e. The Balaban J connectivity index is 1.82. The van der Waals surface area contributed by atoms with Gasteiger partial charge in [0.05, 0.1) is 23.2 Å². The maximum absolute atomic E-state index is 13.0. The highest BCUT2D eigenvalue weighted by atomic mass is 32.2. The molecule has 0 unspecified atom stereocenters. The fourth-order valence-corrected chi connectivity index (χ4v) is 4.21. The number of sulfonamides is 1. The number of hydrogen-bond donors (Lipinski definition) is 2. The number of anilines is 2. The average molecular weight is 446 g/mol. The van der Waals surface area contributed by atoms with Crippen molar-refractivity contribution in [1.29, 1.82) is 0 Å². The second kappa shape index (κ2) is 9.38. The smallest absolute Gasteiger partial charge is 0.265 e. The van der Waals surface area contributed by atoms with E-state index in [0.29, 0.717) is 22.7 Å². The lowest BCUT2D eigenvalue weighted by atomic mass is 10.1. The summed E-state index contributed by atoms with van der Waals surface area (Å²) in [7, 11) is -3.53. The van der Waals surface area contributed by atoms with E-state index >= 15 is 0 Å². The molecule has 0 saturated heterocycles. The lowest BCUT2D eigenvalue weighted by Gasteiger charge is -2.20. The number of para-hydroxylation sites is 3. The highest BCUT2D eigenvalue weighted by Crippen LogP contribution is 2.34. The van der Waals surface area contributed by atoms with Gasteiger partial charge in [0.2, 0.25) is 10.0 Å². The van der Waals surface area contributed by atoms with Crippen molar-refractivity contribution in [2.24, 2.45) is 0 Å². The van der Waals surface area contributed by atoms with Crippen molar-refractivity contribution in [1.82, 2.24) is 5.32 Å². The normalized spacial score (nSPS) is 17.0. The molecular weight excluding hydrogens is 418 g/mol. The second-order valence-corrected chi connectivity index (χ2v) is 9.42. The summed E-state index contributed by atoms with van der Waals surface area (Å²) in [5.74, 6) is -0.414. The van der Waals surface area contributed by atoms with E-state index in [4.69, 9.17) is 4.74 Å². The summed E-state index contributed by atoms with van der Waals surface area (Å²) in [6.45, 7) is 3.98. The Morgan fingerprint density at radius 2 is 1.84 bits per heavy atom. The van der Waals surface area contributed by atoms with Gasteiger partial charge in [0.15, 0.2) is 6.10 Å². The van der Waals surface area contributed by atoms with Crippen LogP contribution in [0, 0.1) is 0 Å². The molecule has 1 aliphatic rings. The zero-order chi connectivity index (χ0) is 22.6. The Bertz CT molecular complexity index is 1070. The lowest BCUT2D eigenvalue weighted by Crippen LogP contribution is -2.37. The lowest BCUT2D eigenvalue weighted by molar-refractivity contribution is -0.122. The molecule has 166 valence electrons. The summed E-state index contributed by atoms with van der Waals surface area (Å²) < 4.78 is 31.6. The van der Waals surface area contributed by atoms with Crippen molar-refractivity contribution >= 4 is 33.2 Å². The van der Waals surface area contributed by atoms with E-state index in [1.807, 2.05) is 13.8 Å². The molecule has 0 fully saturated rings. The van der Waals surface area contributed by atoms with Crippen molar-refractivity contribution < 1.29 is 22.7 Å². The molecule has 0 aromatic heterocycles. The summed E-state index contributed by atoms with van der Waals surface area (Å²) in [5.41, 5.74) is 1.12. The van der Waals surface area contributed by atoms with E-state index in [-0.39, 0.29) is 24.9 Å². The van der Waals surface area contributed by atoms with E-state index < -0.39 is 22.0 Å². The first kappa shape index (κ1) is 22.6.